The van der Waals surface area contributed by atoms with Crippen molar-refractivity contribution >= 4 is 28.9 Å². The van der Waals surface area contributed by atoms with E-state index < -0.39 is 0 Å². The highest BCUT2D eigenvalue weighted by Gasteiger charge is 2.09. The highest BCUT2D eigenvalue weighted by molar-refractivity contribution is 6.34. The molecular formula is C11H9ClN4O. The predicted octanol–water partition coefficient (Wildman–Crippen LogP) is 1.96. The van der Waals surface area contributed by atoms with Gasteiger partial charge in [-0.2, -0.15) is 0 Å². The van der Waals surface area contributed by atoms with Gasteiger partial charge in [0.2, 0.25) is 0 Å². The highest BCUT2D eigenvalue weighted by atomic mass is 35.5. The van der Waals surface area contributed by atoms with E-state index in [4.69, 9.17) is 17.3 Å². The van der Waals surface area contributed by atoms with E-state index in [1.807, 2.05) is 0 Å². The van der Waals surface area contributed by atoms with Crippen molar-refractivity contribution in [2.75, 3.05) is 11.1 Å². The first-order valence-electron chi connectivity index (χ1n) is 4.79. The number of nitrogen functional groups attached to an aromatic ring is 1. The number of hydrogen-bond acceptors (Lipinski definition) is 4. The Morgan fingerprint density at radius 3 is 2.88 bits per heavy atom. The van der Waals surface area contributed by atoms with Crippen LogP contribution in [0.15, 0.2) is 36.8 Å². The van der Waals surface area contributed by atoms with Gasteiger partial charge in [-0.3, -0.25) is 9.78 Å². The van der Waals surface area contributed by atoms with Crippen LogP contribution in [0.25, 0.3) is 0 Å². The van der Waals surface area contributed by atoms with Crippen molar-refractivity contribution in [2.24, 2.45) is 0 Å². The van der Waals surface area contributed by atoms with Gasteiger partial charge in [0.25, 0.3) is 5.91 Å². The molecule has 0 aliphatic rings. The molecule has 2 rings (SSSR count). The molecule has 17 heavy (non-hydrogen) atoms. The molecule has 0 bridgehead atoms. The average molecular weight is 249 g/mol. The topological polar surface area (TPSA) is 80.9 Å². The molecule has 0 unspecified atom stereocenters. The zero-order valence-corrected chi connectivity index (χ0v) is 9.48. The highest BCUT2D eigenvalue weighted by Crippen LogP contribution is 2.24. The Kier molecular flexibility index (Phi) is 3.20. The number of hydrogen-bond donors (Lipinski definition) is 2. The lowest BCUT2D eigenvalue weighted by molar-refractivity contribution is 0.102. The number of benzene rings is 1. The molecule has 2 aromatic rings. The second-order valence-corrected chi connectivity index (χ2v) is 3.69. The van der Waals surface area contributed by atoms with E-state index in [-0.39, 0.29) is 11.6 Å². The molecule has 1 heterocycles. The lowest BCUT2D eigenvalue weighted by Gasteiger charge is -2.07. The number of halogens is 1. The lowest BCUT2D eigenvalue weighted by atomic mass is 10.2. The summed E-state index contributed by atoms with van der Waals surface area (Å²) >= 11 is 5.92. The van der Waals surface area contributed by atoms with Crippen molar-refractivity contribution < 1.29 is 4.79 Å². The third-order valence-electron chi connectivity index (χ3n) is 2.03. The van der Waals surface area contributed by atoms with Crippen LogP contribution in [0.3, 0.4) is 0 Å². The molecule has 0 aliphatic carbocycles. The monoisotopic (exact) mass is 248 g/mol. The summed E-state index contributed by atoms with van der Waals surface area (Å²) in [7, 11) is 0. The Labute approximate surface area is 103 Å². The minimum absolute atomic E-state index is 0.214. The van der Waals surface area contributed by atoms with Crippen molar-refractivity contribution in [1.29, 1.82) is 0 Å². The van der Waals surface area contributed by atoms with E-state index in [1.54, 1.807) is 18.2 Å². The van der Waals surface area contributed by atoms with E-state index in [1.165, 1.54) is 18.6 Å². The molecule has 1 amide bonds. The Balaban J connectivity index is 2.22. The van der Waals surface area contributed by atoms with Crippen LogP contribution in [-0.2, 0) is 0 Å². The number of rotatable bonds is 2. The van der Waals surface area contributed by atoms with Crippen molar-refractivity contribution in [3.8, 4) is 0 Å². The molecule has 0 fully saturated rings. The van der Waals surface area contributed by atoms with Crippen LogP contribution >= 0.6 is 11.6 Å². The van der Waals surface area contributed by atoms with Gasteiger partial charge in [-0.05, 0) is 18.2 Å². The van der Waals surface area contributed by atoms with Gasteiger partial charge in [-0.1, -0.05) is 11.6 Å². The van der Waals surface area contributed by atoms with Gasteiger partial charge in [0.1, 0.15) is 5.69 Å². The normalized spacial score (nSPS) is 9.94. The molecule has 0 aliphatic heterocycles. The number of nitrogens with two attached hydrogens (primary N) is 1. The molecule has 0 atom stereocenters. The zero-order chi connectivity index (χ0) is 12.3. The molecule has 0 radical (unpaired) electrons. The number of nitrogens with one attached hydrogen (secondary N) is 1. The molecule has 1 aromatic heterocycles. The van der Waals surface area contributed by atoms with Gasteiger partial charge in [-0.25, -0.2) is 4.98 Å². The fraction of sp³-hybridized carbons (Fsp3) is 0. The molecule has 86 valence electrons. The van der Waals surface area contributed by atoms with Crippen molar-refractivity contribution in [3.05, 3.63) is 47.5 Å². The maximum Gasteiger partial charge on any atom is 0.275 e. The smallest absolute Gasteiger partial charge is 0.275 e. The number of aromatic nitrogens is 2. The van der Waals surface area contributed by atoms with Gasteiger partial charge in [0.05, 0.1) is 16.9 Å². The Hall–Kier alpha value is -2.14. The van der Waals surface area contributed by atoms with Crippen LogP contribution in [0.5, 0.6) is 0 Å². The largest absolute Gasteiger partial charge is 0.399 e. The van der Waals surface area contributed by atoms with E-state index in [0.29, 0.717) is 16.4 Å². The fourth-order valence-electron chi connectivity index (χ4n) is 1.24. The molecule has 5 nitrogen and oxygen atoms in total. The number of carbonyl (C=O) groups excluding carboxylic acids is 1. The Morgan fingerprint density at radius 2 is 2.18 bits per heavy atom. The summed E-state index contributed by atoms with van der Waals surface area (Å²) in [6.07, 6.45) is 4.30. The molecule has 6 heteroatoms. The molecule has 3 N–H and O–H groups in total. The first-order valence-corrected chi connectivity index (χ1v) is 5.17. The molecule has 0 spiro atoms. The van der Waals surface area contributed by atoms with Crippen molar-refractivity contribution in [3.63, 3.8) is 0 Å². The molecule has 0 saturated carbocycles. The van der Waals surface area contributed by atoms with Crippen molar-refractivity contribution in [2.45, 2.75) is 0 Å². The van der Waals surface area contributed by atoms with Crippen LogP contribution in [0.2, 0.25) is 5.02 Å². The summed E-state index contributed by atoms with van der Waals surface area (Å²) in [6.45, 7) is 0. The van der Waals surface area contributed by atoms with Gasteiger partial charge in [-0.15, -0.1) is 0 Å². The fourth-order valence-corrected chi connectivity index (χ4v) is 1.41. The van der Waals surface area contributed by atoms with Gasteiger partial charge < -0.3 is 11.1 Å². The van der Waals surface area contributed by atoms with E-state index in [9.17, 15) is 4.79 Å². The summed E-state index contributed by atoms with van der Waals surface area (Å²) in [5.74, 6) is -0.384. The number of amides is 1. The van der Waals surface area contributed by atoms with E-state index >= 15 is 0 Å². The second-order valence-electron chi connectivity index (χ2n) is 3.28. The molecular weight excluding hydrogens is 240 g/mol. The van der Waals surface area contributed by atoms with E-state index in [0.717, 1.165) is 0 Å². The van der Waals surface area contributed by atoms with Crippen molar-refractivity contribution in [1.82, 2.24) is 9.97 Å². The van der Waals surface area contributed by atoms with Gasteiger partial charge in [0, 0.05) is 18.1 Å². The standard InChI is InChI=1S/C11H9ClN4O/c12-8-2-1-7(13)5-9(8)16-11(17)10-6-14-3-4-15-10/h1-6H,13H2,(H,16,17). The maximum atomic E-state index is 11.8. The van der Waals surface area contributed by atoms with Crippen LogP contribution in [-0.4, -0.2) is 15.9 Å². The first kappa shape index (κ1) is 11.3. The minimum Gasteiger partial charge on any atom is -0.399 e. The van der Waals surface area contributed by atoms with Crippen LogP contribution in [0.1, 0.15) is 10.5 Å². The number of carbonyl (C=O) groups is 1. The molecule has 0 saturated heterocycles. The summed E-state index contributed by atoms with van der Waals surface area (Å²) in [5.41, 5.74) is 6.78. The number of anilines is 2. The second kappa shape index (κ2) is 4.80. The maximum absolute atomic E-state index is 11.8. The van der Waals surface area contributed by atoms with Gasteiger partial charge in [0.15, 0.2) is 0 Å². The quantitative estimate of drug-likeness (QED) is 0.796. The minimum atomic E-state index is -0.384. The van der Waals surface area contributed by atoms with Crippen LogP contribution in [0, 0.1) is 0 Å². The lowest BCUT2D eigenvalue weighted by Crippen LogP contribution is -2.14. The molecule has 1 aromatic carbocycles. The first-order chi connectivity index (χ1) is 8.16. The Bertz CT molecular complexity index is 544. The van der Waals surface area contributed by atoms with E-state index in [2.05, 4.69) is 15.3 Å². The third kappa shape index (κ3) is 2.70. The van der Waals surface area contributed by atoms with Crippen LogP contribution < -0.4 is 11.1 Å². The van der Waals surface area contributed by atoms with Crippen LogP contribution in [0.4, 0.5) is 11.4 Å². The third-order valence-corrected chi connectivity index (χ3v) is 2.36. The summed E-state index contributed by atoms with van der Waals surface area (Å²) in [4.78, 5) is 19.4. The average Bonchev–Trinajstić information content (AvgIpc) is 2.35. The predicted molar refractivity (Wildman–Crippen MR) is 65.8 cm³/mol. The van der Waals surface area contributed by atoms with Gasteiger partial charge >= 0.3 is 0 Å². The SMILES string of the molecule is Nc1ccc(Cl)c(NC(=O)c2cnccn2)c1. The Morgan fingerprint density at radius 1 is 1.35 bits per heavy atom. The number of nitrogens with zero attached hydrogens (tertiary/aromatic N) is 2. The summed E-state index contributed by atoms with van der Waals surface area (Å²) < 4.78 is 0. The summed E-state index contributed by atoms with van der Waals surface area (Å²) in [6, 6.07) is 4.85. The summed E-state index contributed by atoms with van der Waals surface area (Å²) in [5, 5.41) is 3.03. The zero-order valence-electron chi connectivity index (χ0n) is 8.72.